The molecule has 38 heavy (non-hydrogen) atoms. The first-order valence-corrected chi connectivity index (χ1v) is 12.8. The van der Waals surface area contributed by atoms with Crippen LogP contribution < -0.4 is 16.6 Å². The molecule has 1 atom stereocenters. The summed E-state index contributed by atoms with van der Waals surface area (Å²) in [6.07, 6.45) is 0.679. The summed E-state index contributed by atoms with van der Waals surface area (Å²) in [7, 11) is 0. The van der Waals surface area contributed by atoms with E-state index in [2.05, 4.69) is 21.4 Å². The number of aromatic nitrogens is 4. The Morgan fingerprint density at radius 3 is 2.58 bits per heavy atom. The molecule has 3 heterocycles. The summed E-state index contributed by atoms with van der Waals surface area (Å²) in [5, 5.41) is 13.5. The lowest BCUT2D eigenvalue weighted by Crippen LogP contribution is -2.44. The molecule has 1 aliphatic rings. The maximum absolute atomic E-state index is 13.9. The molecular formula is C26H31ClN8O3. The molecule has 0 bridgehead atoms. The van der Waals surface area contributed by atoms with Crippen molar-refractivity contribution in [2.24, 2.45) is 0 Å². The second-order valence-electron chi connectivity index (χ2n) is 10.3. The van der Waals surface area contributed by atoms with Gasteiger partial charge in [0, 0.05) is 19.1 Å². The largest absolute Gasteiger partial charge is 0.444 e. The van der Waals surface area contributed by atoms with Crippen LogP contribution in [-0.2, 0) is 4.74 Å². The quantitative estimate of drug-likeness (QED) is 0.493. The summed E-state index contributed by atoms with van der Waals surface area (Å²) in [6, 6.07) is 6.48. The summed E-state index contributed by atoms with van der Waals surface area (Å²) in [5.41, 5.74) is 6.14. The topological polar surface area (TPSA) is 152 Å². The van der Waals surface area contributed by atoms with Crippen molar-refractivity contribution >= 4 is 40.4 Å². The number of nitrogen functional groups attached to an aromatic ring is 1. The molecule has 1 aliphatic heterocycles. The third-order valence-electron chi connectivity index (χ3n) is 6.35. The van der Waals surface area contributed by atoms with Crippen LogP contribution >= 0.6 is 11.6 Å². The van der Waals surface area contributed by atoms with Crippen molar-refractivity contribution in [2.75, 3.05) is 24.1 Å². The second kappa shape index (κ2) is 10.5. The van der Waals surface area contributed by atoms with Gasteiger partial charge in [-0.2, -0.15) is 10.2 Å². The van der Waals surface area contributed by atoms with Gasteiger partial charge in [-0.05, 0) is 59.6 Å². The number of benzene rings is 1. The highest BCUT2D eigenvalue weighted by molar-refractivity contribution is 6.35. The summed E-state index contributed by atoms with van der Waals surface area (Å²) in [6.45, 7) is 9.84. The van der Waals surface area contributed by atoms with E-state index in [1.54, 1.807) is 34.6 Å². The number of fused-ring (bicyclic) bond motifs is 1. The van der Waals surface area contributed by atoms with Gasteiger partial charge in [0.05, 0.1) is 27.7 Å². The normalized spacial score (nSPS) is 15.2. The number of aryl methyl sites for hydroxylation is 1. The number of nitrogens with two attached hydrogens (primary N) is 1. The first-order chi connectivity index (χ1) is 17.9. The number of nitriles is 1. The molecule has 0 spiro atoms. The lowest BCUT2D eigenvalue weighted by molar-refractivity contribution is 0.0186. The number of carbonyl (C=O) groups is 1. The van der Waals surface area contributed by atoms with Crippen molar-refractivity contribution in [3.63, 3.8) is 0 Å². The minimum absolute atomic E-state index is 0.0290. The lowest BCUT2D eigenvalue weighted by atomic mass is 10.0. The zero-order valence-corrected chi connectivity index (χ0v) is 22.8. The van der Waals surface area contributed by atoms with Gasteiger partial charge >= 0.3 is 6.09 Å². The highest BCUT2D eigenvalue weighted by Gasteiger charge is 2.31. The van der Waals surface area contributed by atoms with Crippen molar-refractivity contribution in [2.45, 2.75) is 65.1 Å². The Labute approximate surface area is 225 Å². The van der Waals surface area contributed by atoms with E-state index in [0.717, 1.165) is 0 Å². The number of likely N-dealkylation sites (tertiary alicyclic amines) is 1. The zero-order valence-electron chi connectivity index (χ0n) is 22.1. The average Bonchev–Trinajstić information content (AvgIpc) is 2.82. The molecule has 1 fully saturated rings. The summed E-state index contributed by atoms with van der Waals surface area (Å²) in [5.74, 6) is 0.748. The number of ether oxygens (including phenoxy) is 1. The molecule has 4 rings (SSSR count). The molecule has 0 saturated carbocycles. The third kappa shape index (κ3) is 5.50. The highest BCUT2D eigenvalue weighted by Crippen LogP contribution is 2.30. The second-order valence-corrected chi connectivity index (χ2v) is 10.8. The molecule has 200 valence electrons. The average molecular weight is 539 g/mol. The van der Waals surface area contributed by atoms with E-state index < -0.39 is 11.6 Å². The van der Waals surface area contributed by atoms with E-state index in [4.69, 9.17) is 27.1 Å². The molecule has 1 aromatic carbocycles. The molecule has 3 N–H and O–H groups in total. The predicted molar refractivity (Wildman–Crippen MR) is 145 cm³/mol. The Hall–Kier alpha value is -3.91. The number of hydrogen-bond donors (Lipinski definition) is 2. The molecule has 1 unspecified atom stereocenters. The molecule has 0 radical (unpaired) electrons. The van der Waals surface area contributed by atoms with Gasteiger partial charge in [0.25, 0.3) is 5.56 Å². The van der Waals surface area contributed by atoms with Gasteiger partial charge in [0.15, 0.2) is 0 Å². The number of carbonyl (C=O) groups excluding carboxylic acids is 1. The zero-order chi connectivity index (χ0) is 27.8. The monoisotopic (exact) mass is 538 g/mol. The Balaban J connectivity index is 1.73. The Morgan fingerprint density at radius 2 is 1.95 bits per heavy atom. The predicted octanol–water partition coefficient (Wildman–Crippen LogP) is 4.35. The van der Waals surface area contributed by atoms with E-state index in [0.29, 0.717) is 53.4 Å². The van der Waals surface area contributed by atoms with Crippen molar-refractivity contribution in [3.05, 3.63) is 50.7 Å². The molecule has 0 aliphatic carbocycles. The van der Waals surface area contributed by atoms with Gasteiger partial charge in [-0.3, -0.25) is 9.36 Å². The molecule has 1 saturated heterocycles. The number of nitrogens with zero attached hydrogens (tertiary/aromatic N) is 6. The van der Waals surface area contributed by atoms with Crippen LogP contribution in [0.15, 0.2) is 23.0 Å². The number of amides is 1. The van der Waals surface area contributed by atoms with E-state index in [1.165, 1.54) is 0 Å². The van der Waals surface area contributed by atoms with Crippen molar-refractivity contribution in [3.8, 4) is 6.07 Å². The lowest BCUT2D eigenvalue weighted by Gasteiger charge is -2.35. The van der Waals surface area contributed by atoms with E-state index in [1.807, 2.05) is 27.7 Å². The number of anilines is 2. The maximum atomic E-state index is 13.9. The highest BCUT2D eigenvalue weighted by atomic mass is 35.5. The molecule has 3 aromatic rings. The number of halogens is 1. The van der Waals surface area contributed by atoms with E-state index in [-0.39, 0.29) is 35.0 Å². The fourth-order valence-corrected chi connectivity index (χ4v) is 4.86. The van der Waals surface area contributed by atoms with Crippen LogP contribution in [0.25, 0.3) is 10.9 Å². The Bertz CT molecular complexity index is 1480. The number of hydrogen-bond acceptors (Lipinski definition) is 9. The van der Waals surface area contributed by atoms with Crippen LogP contribution in [0.1, 0.15) is 69.7 Å². The van der Waals surface area contributed by atoms with Crippen LogP contribution in [0.3, 0.4) is 0 Å². The van der Waals surface area contributed by atoms with Crippen LogP contribution in [0, 0.1) is 18.3 Å². The van der Waals surface area contributed by atoms with Gasteiger partial charge in [-0.25, -0.2) is 14.8 Å². The number of piperidine rings is 1. The Kier molecular flexibility index (Phi) is 7.47. The minimum atomic E-state index is -0.594. The number of rotatable bonds is 4. The van der Waals surface area contributed by atoms with Crippen molar-refractivity contribution < 1.29 is 9.53 Å². The van der Waals surface area contributed by atoms with Crippen LogP contribution in [0.4, 0.5) is 16.6 Å². The molecule has 12 heteroatoms. The first kappa shape index (κ1) is 27.1. The van der Waals surface area contributed by atoms with Crippen LogP contribution in [0.2, 0.25) is 5.02 Å². The van der Waals surface area contributed by atoms with Crippen molar-refractivity contribution in [1.29, 1.82) is 5.26 Å². The first-order valence-electron chi connectivity index (χ1n) is 12.4. The van der Waals surface area contributed by atoms with Crippen LogP contribution in [0.5, 0.6) is 0 Å². The standard InChI is InChI=1S/C26H31ClN8O3/c1-14-17(13-28)21(33-24(29)31-14)30-15(2)22-32-19-8-6-7-18(27)20(19)23(36)35(22)16-9-11-34(12-10-16)25(37)38-26(3,4)5/h6-8,15-16H,9-12H2,1-5H3,(H3,29,30,31,33). The maximum Gasteiger partial charge on any atom is 0.410 e. The van der Waals surface area contributed by atoms with Gasteiger partial charge < -0.3 is 20.7 Å². The van der Waals surface area contributed by atoms with E-state index >= 15 is 0 Å². The number of nitrogens with one attached hydrogen (secondary N) is 1. The van der Waals surface area contributed by atoms with Gasteiger partial charge in [-0.1, -0.05) is 17.7 Å². The molecular weight excluding hydrogens is 508 g/mol. The third-order valence-corrected chi connectivity index (χ3v) is 6.66. The van der Waals surface area contributed by atoms with Gasteiger partial charge in [0.2, 0.25) is 5.95 Å². The molecule has 1 amide bonds. The van der Waals surface area contributed by atoms with Crippen molar-refractivity contribution in [1.82, 2.24) is 24.4 Å². The summed E-state index contributed by atoms with van der Waals surface area (Å²) < 4.78 is 7.17. The van der Waals surface area contributed by atoms with Crippen LogP contribution in [-0.4, -0.2) is 49.2 Å². The fourth-order valence-electron chi connectivity index (χ4n) is 4.61. The van der Waals surface area contributed by atoms with E-state index in [9.17, 15) is 14.9 Å². The molecule has 11 nitrogen and oxygen atoms in total. The van der Waals surface area contributed by atoms with Gasteiger partial charge in [0.1, 0.15) is 28.9 Å². The fraction of sp³-hybridized carbons (Fsp3) is 0.462. The smallest absolute Gasteiger partial charge is 0.410 e. The minimum Gasteiger partial charge on any atom is -0.444 e. The van der Waals surface area contributed by atoms with Gasteiger partial charge in [-0.15, -0.1) is 0 Å². The Morgan fingerprint density at radius 1 is 1.26 bits per heavy atom. The summed E-state index contributed by atoms with van der Waals surface area (Å²) >= 11 is 6.43. The summed E-state index contributed by atoms with van der Waals surface area (Å²) in [4.78, 5) is 41.2. The molecule has 2 aromatic heterocycles. The SMILES string of the molecule is Cc1nc(N)nc(NC(C)c2nc3cccc(Cl)c3c(=O)n2C2CCN(C(=O)OC(C)(C)C)CC2)c1C#N.